The fourth-order valence-corrected chi connectivity index (χ4v) is 2.90. The van der Waals surface area contributed by atoms with Crippen LogP contribution in [0, 0.1) is 5.92 Å². The summed E-state index contributed by atoms with van der Waals surface area (Å²) in [6, 6.07) is 8.54. The van der Waals surface area contributed by atoms with Crippen LogP contribution in [0.4, 0.5) is 13.2 Å². The van der Waals surface area contributed by atoms with E-state index in [2.05, 4.69) is 12.2 Å². The van der Waals surface area contributed by atoms with Crippen molar-refractivity contribution in [1.29, 1.82) is 0 Å². The van der Waals surface area contributed by atoms with Crippen LogP contribution >= 0.6 is 0 Å². The molecule has 1 N–H and O–H groups in total. The molecular weight excluding hydrogens is 263 g/mol. The average molecular weight is 285 g/mol. The third-order valence-corrected chi connectivity index (χ3v) is 4.09. The second-order valence-electron chi connectivity index (χ2n) is 5.91. The summed E-state index contributed by atoms with van der Waals surface area (Å²) in [5.74, 6) is 0.700. The Labute approximate surface area is 118 Å². The van der Waals surface area contributed by atoms with E-state index in [4.69, 9.17) is 0 Å². The van der Waals surface area contributed by atoms with Gasteiger partial charge in [0.15, 0.2) is 0 Å². The summed E-state index contributed by atoms with van der Waals surface area (Å²) >= 11 is 0. The summed E-state index contributed by atoms with van der Waals surface area (Å²) in [5, 5.41) is 3.23. The number of rotatable bonds is 4. The number of hydrogen-bond acceptors (Lipinski definition) is 1. The maximum atomic E-state index is 12.8. The van der Waals surface area contributed by atoms with Gasteiger partial charge in [-0.05, 0) is 37.2 Å². The molecule has 4 heteroatoms. The monoisotopic (exact) mass is 285 g/mol. The van der Waals surface area contributed by atoms with Crippen LogP contribution in [0.5, 0.6) is 0 Å². The van der Waals surface area contributed by atoms with Crippen LogP contribution < -0.4 is 5.32 Å². The average Bonchev–Trinajstić information content (AvgIpc) is 2.40. The lowest BCUT2D eigenvalue weighted by atomic mass is 9.86. The van der Waals surface area contributed by atoms with Gasteiger partial charge in [0.1, 0.15) is 0 Å². The number of benzene rings is 1. The molecule has 1 unspecified atom stereocenters. The molecule has 1 aromatic carbocycles. The Hall–Kier alpha value is -1.03. The van der Waals surface area contributed by atoms with Crippen molar-refractivity contribution in [1.82, 2.24) is 5.32 Å². The molecule has 0 bridgehead atoms. The standard InChI is InChI=1S/C16H22F3N/c1-12-7-9-14(10-8-12)20-15(11-16(17,18)19)13-5-3-2-4-6-13/h2-6,12,14-15,20H,7-11H2,1H3. The molecule has 0 saturated heterocycles. The highest BCUT2D eigenvalue weighted by atomic mass is 19.4. The summed E-state index contributed by atoms with van der Waals surface area (Å²) in [6.45, 7) is 2.21. The maximum absolute atomic E-state index is 12.8. The first-order valence-corrected chi connectivity index (χ1v) is 7.32. The lowest BCUT2D eigenvalue weighted by Gasteiger charge is -2.31. The van der Waals surface area contributed by atoms with Crippen molar-refractivity contribution in [2.24, 2.45) is 5.92 Å². The van der Waals surface area contributed by atoms with Crippen molar-refractivity contribution < 1.29 is 13.2 Å². The number of halogens is 3. The van der Waals surface area contributed by atoms with Crippen LogP contribution in [0.3, 0.4) is 0 Å². The Morgan fingerprint density at radius 1 is 1.10 bits per heavy atom. The molecule has 1 aliphatic carbocycles. The molecule has 0 aromatic heterocycles. The first-order chi connectivity index (χ1) is 9.44. The lowest BCUT2D eigenvalue weighted by Crippen LogP contribution is -2.37. The number of hydrogen-bond donors (Lipinski definition) is 1. The van der Waals surface area contributed by atoms with Gasteiger partial charge in [0.05, 0.1) is 6.42 Å². The van der Waals surface area contributed by atoms with Gasteiger partial charge in [-0.2, -0.15) is 13.2 Å². The smallest absolute Gasteiger partial charge is 0.307 e. The van der Waals surface area contributed by atoms with E-state index in [-0.39, 0.29) is 6.04 Å². The predicted octanol–water partition coefficient (Wildman–Crippen LogP) is 4.85. The van der Waals surface area contributed by atoms with Crippen LogP contribution in [0.15, 0.2) is 30.3 Å². The van der Waals surface area contributed by atoms with Crippen LogP contribution in [0.2, 0.25) is 0 Å². The van der Waals surface area contributed by atoms with Crippen molar-refractivity contribution in [3.05, 3.63) is 35.9 Å². The molecule has 20 heavy (non-hydrogen) atoms. The molecule has 0 spiro atoms. The molecule has 0 heterocycles. The van der Waals surface area contributed by atoms with Crippen molar-refractivity contribution in [2.75, 3.05) is 0 Å². The molecule has 112 valence electrons. The summed E-state index contributed by atoms with van der Waals surface area (Å²) in [7, 11) is 0. The van der Waals surface area contributed by atoms with E-state index >= 15 is 0 Å². The lowest BCUT2D eigenvalue weighted by molar-refractivity contribution is -0.141. The minimum atomic E-state index is -4.14. The van der Waals surface area contributed by atoms with Crippen LogP contribution in [0.25, 0.3) is 0 Å². The van der Waals surface area contributed by atoms with Crippen molar-refractivity contribution in [3.63, 3.8) is 0 Å². The van der Waals surface area contributed by atoms with Gasteiger partial charge in [0, 0.05) is 12.1 Å². The number of nitrogens with one attached hydrogen (secondary N) is 1. The van der Waals surface area contributed by atoms with E-state index in [1.54, 1.807) is 24.3 Å². The largest absolute Gasteiger partial charge is 0.390 e. The van der Waals surface area contributed by atoms with Crippen molar-refractivity contribution in [2.45, 2.75) is 57.3 Å². The molecule has 0 radical (unpaired) electrons. The summed E-state index contributed by atoms with van der Waals surface area (Å²) in [4.78, 5) is 0. The second-order valence-corrected chi connectivity index (χ2v) is 5.91. The zero-order valence-electron chi connectivity index (χ0n) is 11.8. The third-order valence-electron chi connectivity index (χ3n) is 4.09. The summed E-state index contributed by atoms with van der Waals surface area (Å²) in [5.41, 5.74) is 0.725. The molecule has 1 aliphatic rings. The normalized spacial score (nSPS) is 25.4. The van der Waals surface area contributed by atoms with Crippen molar-refractivity contribution >= 4 is 0 Å². The molecule has 1 fully saturated rings. The molecular formula is C16H22F3N. The first kappa shape index (κ1) is 15.4. The van der Waals surface area contributed by atoms with E-state index in [0.29, 0.717) is 5.92 Å². The molecule has 2 rings (SSSR count). The fraction of sp³-hybridized carbons (Fsp3) is 0.625. The van der Waals surface area contributed by atoms with E-state index in [1.165, 1.54) is 0 Å². The summed E-state index contributed by atoms with van der Waals surface area (Å²) < 4.78 is 38.3. The SMILES string of the molecule is CC1CCC(NC(CC(F)(F)F)c2ccccc2)CC1. The van der Waals surface area contributed by atoms with Gasteiger partial charge in [0.2, 0.25) is 0 Å². The quantitative estimate of drug-likeness (QED) is 0.834. The van der Waals surface area contributed by atoms with E-state index in [1.807, 2.05) is 6.07 Å². The van der Waals surface area contributed by atoms with Gasteiger partial charge in [-0.1, -0.05) is 37.3 Å². The predicted molar refractivity (Wildman–Crippen MR) is 74.4 cm³/mol. The molecule has 1 saturated carbocycles. The molecule has 1 atom stereocenters. The summed E-state index contributed by atoms with van der Waals surface area (Å²) in [6.07, 6.45) is -0.792. The van der Waals surface area contributed by atoms with Crippen LogP contribution in [-0.4, -0.2) is 12.2 Å². The van der Waals surface area contributed by atoms with Crippen LogP contribution in [0.1, 0.15) is 50.6 Å². The Morgan fingerprint density at radius 3 is 2.25 bits per heavy atom. The van der Waals surface area contributed by atoms with Crippen molar-refractivity contribution in [3.8, 4) is 0 Å². The van der Waals surface area contributed by atoms with E-state index in [0.717, 1.165) is 31.2 Å². The number of alkyl halides is 3. The molecule has 0 aliphatic heterocycles. The van der Waals surface area contributed by atoms with Gasteiger partial charge in [0.25, 0.3) is 0 Å². The Balaban J connectivity index is 2.03. The second kappa shape index (κ2) is 6.61. The molecule has 1 aromatic rings. The van der Waals surface area contributed by atoms with E-state index < -0.39 is 18.6 Å². The highest BCUT2D eigenvalue weighted by Crippen LogP contribution is 2.32. The zero-order valence-corrected chi connectivity index (χ0v) is 11.8. The minimum absolute atomic E-state index is 0.207. The Morgan fingerprint density at radius 2 is 1.70 bits per heavy atom. The third kappa shape index (κ3) is 4.82. The van der Waals surface area contributed by atoms with Gasteiger partial charge in [-0.25, -0.2) is 0 Å². The fourth-order valence-electron chi connectivity index (χ4n) is 2.90. The van der Waals surface area contributed by atoms with Gasteiger partial charge < -0.3 is 5.32 Å². The minimum Gasteiger partial charge on any atom is -0.307 e. The molecule has 0 amide bonds. The zero-order chi connectivity index (χ0) is 14.6. The highest BCUT2D eigenvalue weighted by molar-refractivity contribution is 5.19. The molecule has 1 nitrogen and oxygen atoms in total. The highest BCUT2D eigenvalue weighted by Gasteiger charge is 2.34. The van der Waals surface area contributed by atoms with Gasteiger partial charge in [-0.15, -0.1) is 0 Å². The van der Waals surface area contributed by atoms with Crippen LogP contribution in [-0.2, 0) is 0 Å². The van der Waals surface area contributed by atoms with Gasteiger partial charge >= 0.3 is 6.18 Å². The Kier molecular flexibility index (Phi) is 5.08. The Bertz CT molecular complexity index is 394. The first-order valence-electron chi connectivity index (χ1n) is 7.32. The maximum Gasteiger partial charge on any atom is 0.390 e. The van der Waals surface area contributed by atoms with E-state index in [9.17, 15) is 13.2 Å². The van der Waals surface area contributed by atoms with Gasteiger partial charge in [-0.3, -0.25) is 0 Å². The topological polar surface area (TPSA) is 12.0 Å².